The monoisotopic (exact) mass is 336 g/mol. The summed E-state index contributed by atoms with van der Waals surface area (Å²) in [6.45, 7) is 0. The Balaban J connectivity index is 1.36. The normalized spacial score (nSPS) is 40.6. The van der Waals surface area contributed by atoms with Crippen molar-refractivity contribution in [3.05, 3.63) is 35.4 Å². The third-order valence-electron chi connectivity index (χ3n) is 8.75. The SMILES string of the molecule is c1ccc(C2CCC3CCCCC32)c(CC2CCC3CCCCC32)c1. The summed E-state index contributed by atoms with van der Waals surface area (Å²) in [5.41, 5.74) is 3.52. The van der Waals surface area contributed by atoms with E-state index < -0.39 is 0 Å². The van der Waals surface area contributed by atoms with E-state index in [9.17, 15) is 0 Å². The second-order valence-corrected chi connectivity index (χ2v) is 9.84. The average Bonchev–Trinajstić information content (AvgIpc) is 3.27. The molecule has 0 heteroatoms. The van der Waals surface area contributed by atoms with Crippen molar-refractivity contribution in [3.63, 3.8) is 0 Å². The molecule has 1 aromatic carbocycles. The zero-order chi connectivity index (χ0) is 16.6. The van der Waals surface area contributed by atoms with Crippen LogP contribution < -0.4 is 0 Å². The van der Waals surface area contributed by atoms with Gasteiger partial charge in [0.2, 0.25) is 0 Å². The van der Waals surface area contributed by atoms with Crippen molar-refractivity contribution < 1.29 is 0 Å². The summed E-state index contributed by atoms with van der Waals surface area (Å²) in [5, 5.41) is 0. The molecule has 0 heterocycles. The summed E-state index contributed by atoms with van der Waals surface area (Å²) in [7, 11) is 0. The maximum Gasteiger partial charge on any atom is -0.0128 e. The average molecular weight is 337 g/mol. The number of hydrogen-bond acceptors (Lipinski definition) is 0. The van der Waals surface area contributed by atoms with Gasteiger partial charge in [-0.3, -0.25) is 0 Å². The molecular weight excluding hydrogens is 300 g/mol. The van der Waals surface area contributed by atoms with Gasteiger partial charge in [-0.25, -0.2) is 0 Å². The molecule has 0 amide bonds. The molecule has 0 aromatic heterocycles. The van der Waals surface area contributed by atoms with E-state index in [0.29, 0.717) is 0 Å². The molecular formula is C25H36. The van der Waals surface area contributed by atoms with Crippen LogP contribution in [0.25, 0.3) is 0 Å². The molecule has 4 fully saturated rings. The minimum absolute atomic E-state index is 0.894. The summed E-state index contributed by atoms with van der Waals surface area (Å²) >= 11 is 0. The summed E-state index contributed by atoms with van der Waals surface area (Å²) in [4.78, 5) is 0. The van der Waals surface area contributed by atoms with E-state index in [2.05, 4.69) is 24.3 Å². The van der Waals surface area contributed by atoms with Gasteiger partial charge in [0.25, 0.3) is 0 Å². The first-order valence-electron chi connectivity index (χ1n) is 11.5. The summed E-state index contributed by atoms with van der Waals surface area (Å²) < 4.78 is 0. The Morgan fingerprint density at radius 2 is 1.32 bits per heavy atom. The van der Waals surface area contributed by atoms with Gasteiger partial charge in [-0.15, -0.1) is 0 Å². The Kier molecular flexibility index (Phi) is 4.65. The maximum atomic E-state index is 2.52. The first kappa shape index (κ1) is 16.4. The van der Waals surface area contributed by atoms with Gasteiger partial charge in [0.1, 0.15) is 0 Å². The quantitative estimate of drug-likeness (QED) is 0.550. The summed E-state index contributed by atoms with van der Waals surface area (Å²) in [6, 6.07) is 9.67. The molecule has 4 aliphatic rings. The van der Waals surface area contributed by atoms with Gasteiger partial charge in [0.05, 0.1) is 0 Å². The first-order valence-corrected chi connectivity index (χ1v) is 11.5. The van der Waals surface area contributed by atoms with Crippen molar-refractivity contribution in [2.45, 2.75) is 89.4 Å². The highest BCUT2D eigenvalue weighted by Crippen LogP contribution is 2.52. The van der Waals surface area contributed by atoms with E-state index in [1.54, 1.807) is 11.1 Å². The molecule has 0 N–H and O–H groups in total. The molecule has 0 radical (unpaired) electrons. The molecule has 6 atom stereocenters. The predicted octanol–water partition coefficient (Wildman–Crippen LogP) is 7.13. The second-order valence-electron chi connectivity index (χ2n) is 9.84. The van der Waals surface area contributed by atoms with Gasteiger partial charge in [0, 0.05) is 0 Å². The van der Waals surface area contributed by atoms with E-state index in [1.165, 1.54) is 83.5 Å². The van der Waals surface area contributed by atoms with Gasteiger partial charge < -0.3 is 0 Å². The molecule has 5 rings (SSSR count). The zero-order valence-electron chi connectivity index (χ0n) is 16.0. The van der Waals surface area contributed by atoms with Crippen LogP contribution in [0.5, 0.6) is 0 Å². The lowest BCUT2D eigenvalue weighted by atomic mass is 9.73. The van der Waals surface area contributed by atoms with Crippen molar-refractivity contribution in [2.75, 3.05) is 0 Å². The molecule has 25 heavy (non-hydrogen) atoms. The lowest BCUT2D eigenvalue weighted by molar-refractivity contribution is 0.226. The smallest absolute Gasteiger partial charge is 0.0128 e. The Labute approximate surface area is 154 Å². The zero-order valence-corrected chi connectivity index (χ0v) is 16.0. The van der Waals surface area contributed by atoms with Crippen LogP contribution in [0.1, 0.15) is 94.1 Å². The topological polar surface area (TPSA) is 0 Å². The van der Waals surface area contributed by atoms with Gasteiger partial charge >= 0.3 is 0 Å². The Morgan fingerprint density at radius 3 is 2.20 bits per heavy atom. The second kappa shape index (κ2) is 7.09. The molecule has 6 unspecified atom stereocenters. The molecule has 136 valence electrons. The van der Waals surface area contributed by atoms with E-state index in [4.69, 9.17) is 0 Å². The standard InChI is InChI=1S/C25H36/c1-4-10-22-18(7-1)13-14-21(22)17-20-9-3-6-12-24(20)25-16-15-19-8-2-5-11-23(19)25/h3,6,9,12,18-19,21-23,25H,1-2,4-5,7-8,10-11,13-17H2. The van der Waals surface area contributed by atoms with Crippen LogP contribution in [0.4, 0.5) is 0 Å². The van der Waals surface area contributed by atoms with Crippen LogP contribution in [0.2, 0.25) is 0 Å². The third kappa shape index (κ3) is 3.08. The van der Waals surface area contributed by atoms with Crippen LogP contribution >= 0.6 is 0 Å². The van der Waals surface area contributed by atoms with Crippen molar-refractivity contribution in [1.82, 2.24) is 0 Å². The van der Waals surface area contributed by atoms with E-state index in [1.807, 2.05) is 0 Å². The molecule has 4 saturated carbocycles. The number of fused-ring (bicyclic) bond motifs is 2. The molecule has 0 saturated heterocycles. The van der Waals surface area contributed by atoms with Gasteiger partial charge in [-0.05, 0) is 91.6 Å². The highest BCUT2D eigenvalue weighted by Gasteiger charge is 2.40. The molecule has 1 aromatic rings. The van der Waals surface area contributed by atoms with Gasteiger partial charge in [0.15, 0.2) is 0 Å². The van der Waals surface area contributed by atoms with Crippen LogP contribution in [-0.2, 0) is 6.42 Å². The Morgan fingerprint density at radius 1 is 0.640 bits per heavy atom. The Hall–Kier alpha value is -0.780. The molecule has 0 spiro atoms. The summed E-state index contributed by atoms with van der Waals surface area (Å²) in [5.74, 6) is 6.11. The van der Waals surface area contributed by atoms with Crippen LogP contribution in [0.15, 0.2) is 24.3 Å². The number of benzene rings is 1. The van der Waals surface area contributed by atoms with E-state index in [0.717, 1.165) is 35.5 Å². The number of hydrogen-bond donors (Lipinski definition) is 0. The fourth-order valence-corrected chi connectivity index (χ4v) is 7.59. The fourth-order valence-electron chi connectivity index (χ4n) is 7.59. The van der Waals surface area contributed by atoms with Crippen molar-refractivity contribution in [2.24, 2.45) is 29.6 Å². The van der Waals surface area contributed by atoms with Crippen LogP contribution in [0, 0.1) is 29.6 Å². The van der Waals surface area contributed by atoms with Crippen molar-refractivity contribution >= 4 is 0 Å². The molecule has 0 nitrogen and oxygen atoms in total. The Bertz CT molecular complexity index is 587. The lowest BCUT2D eigenvalue weighted by Gasteiger charge is -2.32. The van der Waals surface area contributed by atoms with Gasteiger partial charge in [-0.1, -0.05) is 62.8 Å². The van der Waals surface area contributed by atoms with E-state index >= 15 is 0 Å². The lowest BCUT2D eigenvalue weighted by Crippen LogP contribution is -2.22. The first-order chi connectivity index (χ1) is 12.4. The number of rotatable bonds is 3. The highest BCUT2D eigenvalue weighted by molar-refractivity contribution is 5.33. The maximum absolute atomic E-state index is 2.52. The third-order valence-corrected chi connectivity index (χ3v) is 8.75. The molecule has 0 aliphatic heterocycles. The largest absolute Gasteiger partial charge is 0.0620 e. The summed E-state index contributed by atoms with van der Waals surface area (Å²) in [6.07, 6.45) is 19.5. The van der Waals surface area contributed by atoms with Crippen molar-refractivity contribution in [3.8, 4) is 0 Å². The van der Waals surface area contributed by atoms with Crippen LogP contribution in [0.3, 0.4) is 0 Å². The van der Waals surface area contributed by atoms with Crippen LogP contribution in [-0.4, -0.2) is 0 Å². The van der Waals surface area contributed by atoms with Crippen molar-refractivity contribution in [1.29, 1.82) is 0 Å². The minimum Gasteiger partial charge on any atom is -0.0620 e. The highest BCUT2D eigenvalue weighted by atomic mass is 14.5. The van der Waals surface area contributed by atoms with E-state index in [-0.39, 0.29) is 0 Å². The minimum atomic E-state index is 0.894. The predicted molar refractivity (Wildman–Crippen MR) is 106 cm³/mol. The van der Waals surface area contributed by atoms with Gasteiger partial charge in [-0.2, -0.15) is 0 Å². The fraction of sp³-hybridized carbons (Fsp3) is 0.760. The molecule has 4 aliphatic carbocycles. The molecule has 0 bridgehead atoms.